The Bertz CT molecular complexity index is 325. The Hall–Kier alpha value is -0.640. The van der Waals surface area contributed by atoms with Crippen molar-refractivity contribution in [3.63, 3.8) is 0 Å². The van der Waals surface area contributed by atoms with E-state index in [2.05, 4.69) is 30.5 Å². The third-order valence-corrected chi connectivity index (χ3v) is 4.39. The number of unbranched alkanes of at least 4 members (excludes halogenated alkanes) is 1. The van der Waals surface area contributed by atoms with E-state index in [9.17, 15) is 5.11 Å². The lowest BCUT2D eigenvalue weighted by Crippen LogP contribution is -2.20. The molecule has 1 aliphatic carbocycles. The van der Waals surface area contributed by atoms with Gasteiger partial charge in [-0.3, -0.25) is 0 Å². The van der Waals surface area contributed by atoms with E-state index in [4.69, 9.17) is 5.11 Å². The van der Waals surface area contributed by atoms with Gasteiger partial charge in [-0.25, -0.2) is 0 Å². The SMILES string of the molecule is C/C(=C\CCC(O)CCCCO)CNCCC1C=CCCC1. The average molecular weight is 309 g/mol. The molecule has 0 fully saturated rings. The first-order chi connectivity index (χ1) is 10.7. The molecule has 0 bridgehead atoms. The van der Waals surface area contributed by atoms with Crippen LogP contribution in [0.1, 0.15) is 64.7 Å². The predicted octanol–water partition coefficient (Wildman–Crippen LogP) is 3.57. The fourth-order valence-corrected chi connectivity index (χ4v) is 2.93. The van der Waals surface area contributed by atoms with E-state index in [1.54, 1.807) is 0 Å². The Kier molecular flexibility index (Phi) is 11.3. The van der Waals surface area contributed by atoms with E-state index in [0.717, 1.165) is 51.1 Å². The Morgan fingerprint density at radius 2 is 2.23 bits per heavy atom. The molecule has 1 rings (SSSR count). The third-order valence-electron chi connectivity index (χ3n) is 4.39. The summed E-state index contributed by atoms with van der Waals surface area (Å²) in [6.45, 7) is 4.43. The summed E-state index contributed by atoms with van der Waals surface area (Å²) in [7, 11) is 0. The minimum atomic E-state index is -0.221. The van der Waals surface area contributed by atoms with Crippen LogP contribution < -0.4 is 5.32 Å². The van der Waals surface area contributed by atoms with E-state index >= 15 is 0 Å². The number of allylic oxidation sites excluding steroid dienone is 3. The second-order valence-corrected chi connectivity index (χ2v) is 6.59. The van der Waals surface area contributed by atoms with Crippen molar-refractivity contribution in [1.29, 1.82) is 0 Å². The summed E-state index contributed by atoms with van der Waals surface area (Å²) in [6, 6.07) is 0. The van der Waals surface area contributed by atoms with Crippen LogP contribution in [-0.2, 0) is 0 Å². The maximum atomic E-state index is 9.81. The zero-order valence-corrected chi connectivity index (χ0v) is 14.3. The number of rotatable bonds is 12. The standard InChI is InChI=1S/C19H35NO2/c1-17(8-7-12-19(22)11-5-6-15-21)16-20-14-13-18-9-3-2-4-10-18/h3,8-9,18-22H,2,4-7,10-16H2,1H3/b17-8+. The first-order valence-corrected chi connectivity index (χ1v) is 9.04. The van der Waals surface area contributed by atoms with Gasteiger partial charge >= 0.3 is 0 Å². The van der Waals surface area contributed by atoms with Crippen LogP contribution in [0.2, 0.25) is 0 Å². The van der Waals surface area contributed by atoms with Crippen LogP contribution >= 0.6 is 0 Å². The first kappa shape index (κ1) is 19.4. The summed E-state index contributed by atoms with van der Waals surface area (Å²) >= 11 is 0. The summed E-state index contributed by atoms with van der Waals surface area (Å²) < 4.78 is 0. The number of aliphatic hydroxyl groups is 2. The van der Waals surface area contributed by atoms with Crippen LogP contribution in [0.3, 0.4) is 0 Å². The van der Waals surface area contributed by atoms with Crippen LogP contribution in [0.15, 0.2) is 23.8 Å². The molecule has 0 aliphatic heterocycles. The average Bonchev–Trinajstić information content (AvgIpc) is 2.53. The fourth-order valence-electron chi connectivity index (χ4n) is 2.93. The number of hydrogen-bond donors (Lipinski definition) is 3. The lowest BCUT2D eigenvalue weighted by molar-refractivity contribution is 0.148. The molecule has 0 aromatic carbocycles. The Morgan fingerprint density at radius 3 is 2.95 bits per heavy atom. The molecule has 1 aliphatic rings. The molecule has 0 aromatic heterocycles. The quantitative estimate of drug-likeness (QED) is 0.381. The first-order valence-electron chi connectivity index (χ1n) is 9.04. The maximum Gasteiger partial charge on any atom is 0.0543 e. The van der Waals surface area contributed by atoms with Crippen molar-refractivity contribution >= 4 is 0 Å². The molecule has 0 amide bonds. The topological polar surface area (TPSA) is 52.5 Å². The molecule has 0 radical (unpaired) electrons. The van der Waals surface area contributed by atoms with Crippen LogP contribution in [-0.4, -0.2) is 36.0 Å². The molecule has 128 valence electrons. The summed E-state index contributed by atoms with van der Waals surface area (Å²) in [5.41, 5.74) is 1.36. The zero-order valence-electron chi connectivity index (χ0n) is 14.3. The monoisotopic (exact) mass is 309 g/mol. The third kappa shape index (κ3) is 10.1. The summed E-state index contributed by atoms with van der Waals surface area (Å²) in [5.74, 6) is 0.777. The number of aliphatic hydroxyl groups excluding tert-OH is 2. The second kappa shape index (κ2) is 12.9. The van der Waals surface area contributed by atoms with Gasteiger partial charge in [0, 0.05) is 13.2 Å². The molecule has 0 heterocycles. The fraction of sp³-hybridized carbons (Fsp3) is 0.789. The van der Waals surface area contributed by atoms with E-state index in [-0.39, 0.29) is 12.7 Å². The van der Waals surface area contributed by atoms with Gasteiger partial charge in [-0.2, -0.15) is 0 Å². The minimum Gasteiger partial charge on any atom is -0.396 e. The van der Waals surface area contributed by atoms with Crippen molar-refractivity contribution in [2.75, 3.05) is 19.7 Å². The zero-order chi connectivity index (χ0) is 16.0. The van der Waals surface area contributed by atoms with Gasteiger partial charge in [0.05, 0.1) is 6.10 Å². The van der Waals surface area contributed by atoms with Crippen molar-refractivity contribution in [2.45, 2.75) is 70.8 Å². The molecule has 2 atom stereocenters. The highest BCUT2D eigenvalue weighted by molar-refractivity contribution is 5.00. The predicted molar refractivity (Wildman–Crippen MR) is 93.9 cm³/mol. The molecule has 0 saturated heterocycles. The van der Waals surface area contributed by atoms with E-state index in [1.807, 2.05) is 0 Å². The molecule has 3 nitrogen and oxygen atoms in total. The van der Waals surface area contributed by atoms with Gasteiger partial charge in [0.25, 0.3) is 0 Å². The molecule has 0 aromatic rings. The summed E-state index contributed by atoms with van der Waals surface area (Å²) in [4.78, 5) is 0. The van der Waals surface area contributed by atoms with Crippen LogP contribution in [0.5, 0.6) is 0 Å². The highest BCUT2D eigenvalue weighted by Gasteiger charge is 2.07. The van der Waals surface area contributed by atoms with Crippen molar-refractivity contribution in [2.24, 2.45) is 5.92 Å². The van der Waals surface area contributed by atoms with E-state index in [0.29, 0.717) is 0 Å². The highest BCUT2D eigenvalue weighted by Crippen LogP contribution is 2.19. The van der Waals surface area contributed by atoms with Crippen molar-refractivity contribution in [3.05, 3.63) is 23.8 Å². The van der Waals surface area contributed by atoms with E-state index < -0.39 is 0 Å². The second-order valence-electron chi connectivity index (χ2n) is 6.59. The Morgan fingerprint density at radius 1 is 1.36 bits per heavy atom. The lowest BCUT2D eigenvalue weighted by atomic mass is 9.93. The van der Waals surface area contributed by atoms with Gasteiger partial charge in [0.15, 0.2) is 0 Å². The smallest absolute Gasteiger partial charge is 0.0543 e. The summed E-state index contributed by atoms with van der Waals surface area (Å²) in [6.07, 6.45) is 16.2. The molecular formula is C19H35NO2. The number of hydrogen-bond acceptors (Lipinski definition) is 3. The van der Waals surface area contributed by atoms with Gasteiger partial charge in [-0.15, -0.1) is 0 Å². The molecular weight excluding hydrogens is 274 g/mol. The van der Waals surface area contributed by atoms with Crippen LogP contribution in [0, 0.1) is 5.92 Å². The molecule has 0 spiro atoms. The van der Waals surface area contributed by atoms with Crippen LogP contribution in [0.25, 0.3) is 0 Å². The van der Waals surface area contributed by atoms with Crippen LogP contribution in [0.4, 0.5) is 0 Å². The molecule has 3 N–H and O–H groups in total. The van der Waals surface area contributed by atoms with Gasteiger partial charge in [-0.1, -0.05) is 23.8 Å². The Balaban J connectivity index is 2.00. The molecule has 3 heteroatoms. The normalized spacial score (nSPS) is 20.3. The molecule has 22 heavy (non-hydrogen) atoms. The number of nitrogens with one attached hydrogen (secondary N) is 1. The van der Waals surface area contributed by atoms with Gasteiger partial charge in [0.2, 0.25) is 0 Å². The largest absolute Gasteiger partial charge is 0.396 e. The lowest BCUT2D eigenvalue weighted by Gasteiger charge is -2.16. The van der Waals surface area contributed by atoms with Crippen molar-refractivity contribution in [1.82, 2.24) is 5.32 Å². The highest BCUT2D eigenvalue weighted by atomic mass is 16.3. The summed E-state index contributed by atoms with van der Waals surface area (Å²) in [5, 5.41) is 22.0. The van der Waals surface area contributed by atoms with Gasteiger partial charge < -0.3 is 15.5 Å². The Labute approximate surface area is 136 Å². The van der Waals surface area contributed by atoms with Gasteiger partial charge in [-0.05, 0) is 77.2 Å². The van der Waals surface area contributed by atoms with Crippen molar-refractivity contribution in [3.8, 4) is 0 Å². The van der Waals surface area contributed by atoms with Crippen molar-refractivity contribution < 1.29 is 10.2 Å². The molecule has 0 saturated carbocycles. The minimum absolute atomic E-state index is 0.221. The maximum absolute atomic E-state index is 9.81. The van der Waals surface area contributed by atoms with Gasteiger partial charge in [0.1, 0.15) is 0 Å². The van der Waals surface area contributed by atoms with E-state index in [1.165, 1.54) is 31.3 Å². The molecule has 2 unspecified atom stereocenters.